The van der Waals surface area contributed by atoms with E-state index >= 15 is 0 Å². The van der Waals surface area contributed by atoms with Gasteiger partial charge in [-0.05, 0) is 18.2 Å². The minimum Gasteiger partial charge on any atom is -0.361 e. The summed E-state index contributed by atoms with van der Waals surface area (Å²) in [6.45, 7) is 0. The predicted octanol–water partition coefficient (Wildman–Crippen LogP) is 2.98. The van der Waals surface area contributed by atoms with Crippen molar-refractivity contribution >= 4 is 10.9 Å². The Labute approximate surface area is 78.8 Å². The summed E-state index contributed by atoms with van der Waals surface area (Å²) in [5.74, 6) is 0. The van der Waals surface area contributed by atoms with Crippen molar-refractivity contribution in [3.63, 3.8) is 0 Å². The molecular weight excluding hydrogens is 186 g/mol. The molecule has 0 bridgehead atoms. The van der Waals surface area contributed by atoms with Gasteiger partial charge in [0.25, 0.3) is 6.43 Å². The number of hydrogen-bond donors (Lipinski definition) is 1. The second-order valence-corrected chi connectivity index (χ2v) is 2.92. The zero-order valence-corrected chi connectivity index (χ0v) is 7.09. The number of hydrogen-bond acceptors (Lipinski definition) is 1. The fourth-order valence-corrected chi connectivity index (χ4v) is 1.39. The number of halogens is 2. The van der Waals surface area contributed by atoms with E-state index in [1.54, 1.807) is 12.1 Å². The van der Waals surface area contributed by atoms with Crippen LogP contribution in [0, 0.1) is 11.3 Å². The number of nitrogens with one attached hydrogen (secondary N) is 1. The number of H-pyrrole nitrogens is 1. The van der Waals surface area contributed by atoms with Gasteiger partial charge in [-0.3, -0.25) is 0 Å². The summed E-state index contributed by atoms with van der Waals surface area (Å²) in [7, 11) is 0. The second kappa shape index (κ2) is 3.11. The summed E-state index contributed by atoms with van der Waals surface area (Å²) < 4.78 is 24.9. The van der Waals surface area contributed by atoms with Gasteiger partial charge in [0, 0.05) is 22.7 Å². The molecule has 0 radical (unpaired) electrons. The summed E-state index contributed by atoms with van der Waals surface area (Å²) in [5.41, 5.74) is 0.954. The molecule has 1 aromatic carbocycles. The van der Waals surface area contributed by atoms with Gasteiger partial charge in [0.2, 0.25) is 0 Å². The van der Waals surface area contributed by atoms with E-state index in [2.05, 4.69) is 4.98 Å². The van der Waals surface area contributed by atoms with Gasteiger partial charge in [0.1, 0.15) is 0 Å². The van der Waals surface area contributed by atoms with Gasteiger partial charge in [-0.2, -0.15) is 5.26 Å². The first-order valence-corrected chi connectivity index (χ1v) is 4.01. The van der Waals surface area contributed by atoms with Crippen LogP contribution < -0.4 is 0 Å². The molecule has 0 amide bonds. The lowest BCUT2D eigenvalue weighted by molar-refractivity contribution is 0.153. The minimum atomic E-state index is -2.52. The molecule has 2 aromatic rings. The Balaban J connectivity index is 2.71. The molecule has 2 rings (SSSR count). The van der Waals surface area contributed by atoms with E-state index in [0.29, 0.717) is 16.5 Å². The van der Waals surface area contributed by atoms with Gasteiger partial charge in [-0.1, -0.05) is 0 Å². The van der Waals surface area contributed by atoms with Crippen LogP contribution in [0.5, 0.6) is 0 Å². The van der Waals surface area contributed by atoms with Crippen LogP contribution in [0.25, 0.3) is 10.9 Å². The van der Waals surface area contributed by atoms with Crippen LogP contribution in [0.4, 0.5) is 8.78 Å². The largest absolute Gasteiger partial charge is 0.361 e. The van der Waals surface area contributed by atoms with Crippen LogP contribution in [-0.4, -0.2) is 4.98 Å². The quantitative estimate of drug-likeness (QED) is 0.741. The minimum absolute atomic E-state index is 0.0582. The van der Waals surface area contributed by atoms with Crippen molar-refractivity contribution in [3.8, 4) is 6.07 Å². The van der Waals surface area contributed by atoms with E-state index < -0.39 is 6.43 Å². The molecule has 2 nitrogen and oxygen atoms in total. The Hall–Kier alpha value is -1.89. The summed E-state index contributed by atoms with van der Waals surface area (Å²) in [5, 5.41) is 9.03. The number of nitrogens with zero attached hydrogens (tertiary/aromatic N) is 1. The fraction of sp³-hybridized carbons (Fsp3) is 0.100. The molecule has 0 atom stereocenters. The lowest BCUT2D eigenvalue weighted by atomic mass is 10.1. The topological polar surface area (TPSA) is 39.6 Å². The molecule has 0 aliphatic carbocycles. The van der Waals surface area contributed by atoms with Gasteiger partial charge in [-0.15, -0.1) is 0 Å². The van der Waals surface area contributed by atoms with Crippen molar-refractivity contribution in [1.82, 2.24) is 4.98 Å². The maximum atomic E-state index is 12.5. The number of nitriles is 1. The van der Waals surface area contributed by atoms with E-state index in [9.17, 15) is 8.78 Å². The molecule has 0 spiro atoms. The van der Waals surface area contributed by atoms with Gasteiger partial charge in [0.05, 0.1) is 11.6 Å². The van der Waals surface area contributed by atoms with Crippen LogP contribution in [-0.2, 0) is 0 Å². The molecule has 1 N–H and O–H groups in total. The van der Waals surface area contributed by atoms with Crippen molar-refractivity contribution in [2.24, 2.45) is 0 Å². The molecule has 1 aromatic heterocycles. The summed E-state index contributed by atoms with van der Waals surface area (Å²) in [4.78, 5) is 2.73. The van der Waals surface area contributed by atoms with Crippen molar-refractivity contribution < 1.29 is 8.78 Å². The normalized spacial score (nSPS) is 10.7. The Bertz CT molecular complexity index is 508. The third kappa shape index (κ3) is 1.23. The molecule has 0 fully saturated rings. The van der Waals surface area contributed by atoms with E-state index in [-0.39, 0.29) is 5.56 Å². The van der Waals surface area contributed by atoms with Crippen molar-refractivity contribution in [1.29, 1.82) is 5.26 Å². The predicted molar refractivity (Wildman–Crippen MR) is 48.0 cm³/mol. The highest BCUT2D eigenvalue weighted by molar-refractivity contribution is 5.84. The summed E-state index contributed by atoms with van der Waals surface area (Å²) in [6, 6.07) is 6.60. The summed E-state index contributed by atoms with van der Waals surface area (Å²) >= 11 is 0. The first kappa shape index (κ1) is 8.70. The van der Waals surface area contributed by atoms with Gasteiger partial charge in [-0.25, -0.2) is 8.78 Å². The Morgan fingerprint density at radius 1 is 1.36 bits per heavy atom. The highest BCUT2D eigenvalue weighted by atomic mass is 19.3. The summed E-state index contributed by atoms with van der Waals surface area (Å²) in [6.07, 6.45) is -1.24. The average Bonchev–Trinajstić information content (AvgIpc) is 2.59. The Morgan fingerprint density at radius 2 is 2.14 bits per heavy atom. The molecule has 1 heterocycles. The number of alkyl halides is 2. The van der Waals surface area contributed by atoms with Crippen LogP contribution >= 0.6 is 0 Å². The van der Waals surface area contributed by atoms with E-state index in [4.69, 9.17) is 5.26 Å². The molecule has 0 saturated carbocycles. The second-order valence-electron chi connectivity index (χ2n) is 2.92. The molecule has 0 unspecified atom stereocenters. The van der Waals surface area contributed by atoms with E-state index in [1.807, 2.05) is 6.07 Å². The lowest BCUT2D eigenvalue weighted by Crippen LogP contribution is -1.81. The smallest absolute Gasteiger partial charge is 0.265 e. The van der Waals surface area contributed by atoms with Crippen LogP contribution in [0.2, 0.25) is 0 Å². The van der Waals surface area contributed by atoms with Gasteiger partial charge >= 0.3 is 0 Å². The van der Waals surface area contributed by atoms with E-state index in [1.165, 1.54) is 12.3 Å². The third-order valence-electron chi connectivity index (χ3n) is 2.08. The van der Waals surface area contributed by atoms with Crippen molar-refractivity contribution in [3.05, 3.63) is 35.5 Å². The SMILES string of the molecule is N#Cc1ccc2[nH]cc(C(F)F)c2c1. The number of aromatic amines is 1. The van der Waals surface area contributed by atoms with Gasteiger partial charge in [0.15, 0.2) is 0 Å². The number of aromatic nitrogens is 1. The highest BCUT2D eigenvalue weighted by Gasteiger charge is 2.13. The molecule has 70 valence electrons. The van der Waals surface area contributed by atoms with Crippen LogP contribution in [0.15, 0.2) is 24.4 Å². The van der Waals surface area contributed by atoms with E-state index in [0.717, 1.165) is 0 Å². The Kier molecular flexibility index (Phi) is 1.93. The van der Waals surface area contributed by atoms with Crippen molar-refractivity contribution in [2.75, 3.05) is 0 Å². The fourth-order valence-electron chi connectivity index (χ4n) is 1.39. The molecule has 14 heavy (non-hydrogen) atoms. The monoisotopic (exact) mass is 192 g/mol. The molecular formula is C10H6F2N2. The number of benzene rings is 1. The number of fused-ring (bicyclic) bond motifs is 1. The van der Waals surface area contributed by atoms with Crippen molar-refractivity contribution in [2.45, 2.75) is 6.43 Å². The van der Waals surface area contributed by atoms with Gasteiger partial charge < -0.3 is 4.98 Å². The third-order valence-corrected chi connectivity index (χ3v) is 2.08. The zero-order valence-electron chi connectivity index (χ0n) is 7.09. The number of rotatable bonds is 1. The molecule has 0 aliphatic rings. The van der Waals surface area contributed by atoms with Crippen LogP contribution in [0.3, 0.4) is 0 Å². The standard InChI is InChI=1S/C10H6F2N2/c11-10(12)8-5-14-9-2-1-6(4-13)3-7(8)9/h1-3,5,10,14H. The zero-order chi connectivity index (χ0) is 10.1. The average molecular weight is 192 g/mol. The first-order chi connectivity index (χ1) is 6.72. The van der Waals surface area contributed by atoms with Crippen LogP contribution in [0.1, 0.15) is 17.6 Å². The molecule has 4 heteroatoms. The lowest BCUT2D eigenvalue weighted by Gasteiger charge is -1.96. The molecule has 0 saturated heterocycles. The Morgan fingerprint density at radius 3 is 2.79 bits per heavy atom. The first-order valence-electron chi connectivity index (χ1n) is 4.01. The molecule has 0 aliphatic heterocycles. The maximum absolute atomic E-state index is 12.5. The maximum Gasteiger partial charge on any atom is 0.265 e. The highest BCUT2D eigenvalue weighted by Crippen LogP contribution is 2.27.